The predicted octanol–water partition coefficient (Wildman–Crippen LogP) is 4.06. The van der Waals surface area contributed by atoms with Crippen molar-refractivity contribution in [2.45, 2.75) is 58.4 Å². The quantitative estimate of drug-likeness (QED) is 0.814. The van der Waals surface area contributed by atoms with E-state index in [9.17, 15) is 0 Å². The summed E-state index contributed by atoms with van der Waals surface area (Å²) in [4.78, 5) is 2.61. The third kappa shape index (κ3) is 5.44. The minimum Gasteiger partial charge on any atom is -0.314 e. The van der Waals surface area contributed by atoms with Crippen LogP contribution >= 0.6 is 0 Å². The molecule has 2 rings (SSSR count). The van der Waals surface area contributed by atoms with Gasteiger partial charge in [0.05, 0.1) is 0 Å². The Morgan fingerprint density at radius 2 is 1.86 bits per heavy atom. The van der Waals surface area contributed by atoms with E-state index in [0.29, 0.717) is 6.04 Å². The molecule has 21 heavy (non-hydrogen) atoms. The van der Waals surface area contributed by atoms with Crippen LogP contribution in [0.25, 0.3) is 0 Å². The molecule has 0 spiro atoms. The Morgan fingerprint density at radius 1 is 1.19 bits per heavy atom. The second-order valence-electron chi connectivity index (χ2n) is 6.72. The molecule has 120 valence electrons. The zero-order valence-electron chi connectivity index (χ0n) is 14.1. The summed E-state index contributed by atoms with van der Waals surface area (Å²) in [6.45, 7) is 11.6. The lowest BCUT2D eigenvalue weighted by Crippen LogP contribution is -2.33. The molecule has 1 aliphatic heterocycles. The van der Waals surface area contributed by atoms with Crippen LogP contribution in [0.2, 0.25) is 0 Å². The van der Waals surface area contributed by atoms with Crippen LogP contribution in [-0.4, -0.2) is 37.1 Å². The number of nitrogens with one attached hydrogen (secondary N) is 1. The molecule has 0 aliphatic carbocycles. The first-order valence-electron chi connectivity index (χ1n) is 8.73. The van der Waals surface area contributed by atoms with Crippen LogP contribution in [0, 0.1) is 0 Å². The molecule has 0 saturated carbocycles. The highest BCUT2D eigenvalue weighted by molar-refractivity contribution is 5.26. The van der Waals surface area contributed by atoms with Crippen LogP contribution in [-0.2, 0) is 6.42 Å². The molecule has 1 fully saturated rings. The van der Waals surface area contributed by atoms with Gasteiger partial charge in [-0.2, -0.15) is 0 Å². The number of piperidine rings is 1. The van der Waals surface area contributed by atoms with E-state index in [2.05, 4.69) is 55.3 Å². The van der Waals surface area contributed by atoms with Crippen LogP contribution in [0.1, 0.15) is 58.5 Å². The van der Waals surface area contributed by atoms with Gasteiger partial charge in [-0.1, -0.05) is 45.0 Å². The van der Waals surface area contributed by atoms with Crippen molar-refractivity contribution in [3.8, 4) is 0 Å². The molecular formula is C19H34N2. The fourth-order valence-corrected chi connectivity index (χ4v) is 3.27. The number of benzene rings is 1. The highest BCUT2D eigenvalue weighted by atomic mass is 15.1. The minimum atomic E-state index is 0. The molecule has 0 bridgehead atoms. The number of hydrogen-bond donors (Lipinski definition) is 1. The van der Waals surface area contributed by atoms with Gasteiger partial charge < -0.3 is 10.2 Å². The Balaban J connectivity index is 0.00000242. The fraction of sp³-hybridized carbons (Fsp3) is 0.684. The van der Waals surface area contributed by atoms with Crippen molar-refractivity contribution in [2.24, 2.45) is 0 Å². The second kappa shape index (κ2) is 8.55. The van der Waals surface area contributed by atoms with Crippen LogP contribution < -0.4 is 5.32 Å². The molecule has 1 aromatic rings. The standard InChI is InChI=1S/C19H32N2.H2/c1-4-13-21-14-10-19(11-15-21)18-7-5-17(6-8-18)9-12-20-16(2)3;/h5-8,16,19-20H,4,9-15H2,1-3H3;1H. The van der Waals surface area contributed by atoms with E-state index in [4.69, 9.17) is 0 Å². The van der Waals surface area contributed by atoms with Crippen molar-refractivity contribution >= 4 is 0 Å². The summed E-state index contributed by atoms with van der Waals surface area (Å²) in [7, 11) is 0. The molecule has 1 aromatic carbocycles. The van der Waals surface area contributed by atoms with Gasteiger partial charge in [-0.15, -0.1) is 0 Å². The Kier molecular flexibility index (Phi) is 6.72. The molecule has 0 atom stereocenters. The lowest BCUT2D eigenvalue weighted by atomic mass is 9.89. The summed E-state index contributed by atoms with van der Waals surface area (Å²) in [6, 6.07) is 9.97. The summed E-state index contributed by atoms with van der Waals surface area (Å²) in [6.07, 6.45) is 5.07. The third-order valence-corrected chi connectivity index (χ3v) is 4.54. The smallest absolute Gasteiger partial charge is 0.00105 e. The van der Waals surface area contributed by atoms with Crippen molar-refractivity contribution in [1.29, 1.82) is 0 Å². The van der Waals surface area contributed by atoms with Crippen molar-refractivity contribution in [2.75, 3.05) is 26.2 Å². The molecule has 0 aromatic heterocycles. The summed E-state index contributed by atoms with van der Waals surface area (Å²) < 4.78 is 0. The predicted molar refractivity (Wildman–Crippen MR) is 94.1 cm³/mol. The normalized spacial score (nSPS) is 17.5. The summed E-state index contributed by atoms with van der Waals surface area (Å²) in [5.74, 6) is 0.779. The molecule has 1 N–H and O–H groups in total. The number of rotatable bonds is 7. The molecule has 2 heteroatoms. The van der Waals surface area contributed by atoms with Crippen LogP contribution in [0.5, 0.6) is 0 Å². The van der Waals surface area contributed by atoms with Gasteiger partial charge in [0.2, 0.25) is 0 Å². The molecule has 1 heterocycles. The minimum absolute atomic E-state index is 0. The summed E-state index contributed by atoms with van der Waals surface area (Å²) in [5.41, 5.74) is 3.00. The Bertz CT molecular complexity index is 394. The fourth-order valence-electron chi connectivity index (χ4n) is 3.27. The average molecular weight is 290 g/mol. The number of likely N-dealkylation sites (tertiary alicyclic amines) is 1. The van der Waals surface area contributed by atoms with Crippen molar-refractivity contribution < 1.29 is 1.43 Å². The molecule has 1 aliphatic rings. The largest absolute Gasteiger partial charge is 0.314 e. The first kappa shape index (κ1) is 16.5. The molecule has 2 nitrogen and oxygen atoms in total. The lowest BCUT2D eigenvalue weighted by Gasteiger charge is -2.32. The Morgan fingerprint density at radius 3 is 2.43 bits per heavy atom. The highest BCUT2D eigenvalue weighted by Gasteiger charge is 2.19. The topological polar surface area (TPSA) is 15.3 Å². The first-order chi connectivity index (χ1) is 10.2. The van der Waals surface area contributed by atoms with E-state index in [0.717, 1.165) is 18.9 Å². The molecular weight excluding hydrogens is 256 g/mol. The lowest BCUT2D eigenvalue weighted by molar-refractivity contribution is 0.213. The van der Waals surface area contributed by atoms with E-state index in [1.165, 1.54) is 44.5 Å². The van der Waals surface area contributed by atoms with Crippen LogP contribution in [0.3, 0.4) is 0 Å². The highest BCUT2D eigenvalue weighted by Crippen LogP contribution is 2.28. The molecule has 1 saturated heterocycles. The van der Waals surface area contributed by atoms with Gasteiger partial charge in [0.25, 0.3) is 0 Å². The average Bonchev–Trinajstić information content (AvgIpc) is 2.49. The molecule has 0 amide bonds. The van der Waals surface area contributed by atoms with Crippen LogP contribution in [0.15, 0.2) is 24.3 Å². The van der Waals surface area contributed by atoms with Crippen LogP contribution in [0.4, 0.5) is 0 Å². The van der Waals surface area contributed by atoms with Crippen molar-refractivity contribution in [1.82, 2.24) is 10.2 Å². The summed E-state index contributed by atoms with van der Waals surface area (Å²) >= 11 is 0. The van der Waals surface area contributed by atoms with E-state index in [-0.39, 0.29) is 1.43 Å². The van der Waals surface area contributed by atoms with E-state index in [1.807, 2.05) is 0 Å². The van der Waals surface area contributed by atoms with Gasteiger partial charge in [0.15, 0.2) is 0 Å². The zero-order chi connectivity index (χ0) is 15.1. The maximum absolute atomic E-state index is 3.48. The van der Waals surface area contributed by atoms with Gasteiger partial charge in [-0.25, -0.2) is 0 Å². The Hall–Kier alpha value is -0.860. The Labute approximate surface area is 132 Å². The zero-order valence-corrected chi connectivity index (χ0v) is 14.1. The van der Waals surface area contributed by atoms with Gasteiger partial charge >= 0.3 is 0 Å². The van der Waals surface area contributed by atoms with Crippen molar-refractivity contribution in [3.63, 3.8) is 0 Å². The number of nitrogens with zero attached hydrogens (tertiary/aromatic N) is 1. The molecule has 0 radical (unpaired) electrons. The van der Waals surface area contributed by atoms with E-state index in [1.54, 1.807) is 5.56 Å². The maximum Gasteiger partial charge on any atom is 0.00105 e. The van der Waals surface area contributed by atoms with Gasteiger partial charge in [0, 0.05) is 7.47 Å². The summed E-state index contributed by atoms with van der Waals surface area (Å²) in [5, 5.41) is 3.48. The first-order valence-corrected chi connectivity index (χ1v) is 8.73. The van der Waals surface area contributed by atoms with Gasteiger partial charge in [0.1, 0.15) is 0 Å². The van der Waals surface area contributed by atoms with E-state index >= 15 is 0 Å². The van der Waals surface area contributed by atoms with Gasteiger partial charge in [-0.05, 0) is 68.9 Å². The molecule has 0 unspecified atom stereocenters. The second-order valence-corrected chi connectivity index (χ2v) is 6.72. The monoisotopic (exact) mass is 290 g/mol. The SMILES string of the molecule is CCCN1CCC(c2ccc(CCNC(C)C)cc2)CC1.[HH]. The van der Waals surface area contributed by atoms with E-state index < -0.39 is 0 Å². The van der Waals surface area contributed by atoms with Crippen molar-refractivity contribution in [3.05, 3.63) is 35.4 Å². The van der Waals surface area contributed by atoms with Gasteiger partial charge in [-0.3, -0.25) is 0 Å². The maximum atomic E-state index is 3.48. The number of hydrogen-bond acceptors (Lipinski definition) is 2. The third-order valence-electron chi connectivity index (χ3n) is 4.54.